The van der Waals surface area contributed by atoms with Crippen molar-refractivity contribution in [2.24, 2.45) is 0 Å². The van der Waals surface area contributed by atoms with Crippen molar-refractivity contribution in [3.8, 4) is 5.75 Å². The summed E-state index contributed by atoms with van der Waals surface area (Å²) in [5, 5.41) is 3.69. The van der Waals surface area contributed by atoms with Crippen LogP contribution in [0.3, 0.4) is 0 Å². The molecule has 1 aliphatic heterocycles. The zero-order valence-electron chi connectivity index (χ0n) is 19.7. The monoisotopic (exact) mass is 550 g/mol. The number of hydrogen-bond acceptors (Lipinski definition) is 4. The van der Waals surface area contributed by atoms with Crippen LogP contribution in [0.1, 0.15) is 30.9 Å². The summed E-state index contributed by atoms with van der Waals surface area (Å²) >= 11 is 11.8. The Morgan fingerprint density at radius 3 is 2.47 bits per heavy atom. The van der Waals surface area contributed by atoms with Crippen LogP contribution in [0.2, 0.25) is 10.0 Å². The molecule has 5 nitrogen and oxygen atoms in total. The second kappa shape index (κ2) is 11.8. The Balaban J connectivity index is 1.46. The van der Waals surface area contributed by atoms with E-state index in [9.17, 15) is 9.35 Å². The zero-order chi connectivity index (χ0) is 25.7. The fourth-order valence-corrected chi connectivity index (χ4v) is 5.54. The van der Waals surface area contributed by atoms with Gasteiger partial charge in [0.1, 0.15) is 11.4 Å². The lowest BCUT2D eigenvalue weighted by atomic mass is 9.86. The van der Waals surface area contributed by atoms with E-state index in [0.29, 0.717) is 47.5 Å². The minimum Gasteiger partial charge on any atom is -0.479 e. The Labute approximate surface area is 223 Å². The predicted molar refractivity (Wildman–Crippen MR) is 143 cm³/mol. The highest BCUT2D eigenvalue weighted by Gasteiger charge is 2.39. The number of benzene rings is 3. The van der Waals surface area contributed by atoms with Gasteiger partial charge in [-0.3, -0.25) is 4.79 Å². The number of carbonyl (C=O) groups is 1. The van der Waals surface area contributed by atoms with Gasteiger partial charge in [-0.1, -0.05) is 41.4 Å². The molecule has 3 aromatic carbocycles. The number of hydrogen-bond donors (Lipinski definition) is 2. The van der Waals surface area contributed by atoms with Gasteiger partial charge in [0.05, 0.1) is 19.6 Å². The fourth-order valence-electron chi connectivity index (χ4n) is 4.18. The molecule has 1 aliphatic rings. The van der Waals surface area contributed by atoms with Crippen molar-refractivity contribution >= 4 is 46.0 Å². The molecule has 1 heterocycles. The molecule has 0 radical (unpaired) electrons. The van der Waals surface area contributed by atoms with E-state index < -0.39 is 22.6 Å². The summed E-state index contributed by atoms with van der Waals surface area (Å²) in [5.41, 5.74) is 0.997. The molecular formula is C27H27Cl2FNO4S+. The second-order valence-corrected chi connectivity index (χ2v) is 11.1. The molecule has 0 aromatic heterocycles. The molecule has 3 aromatic rings. The van der Waals surface area contributed by atoms with Gasteiger partial charge in [0.25, 0.3) is 0 Å². The average Bonchev–Trinajstić information content (AvgIpc) is 2.86. The van der Waals surface area contributed by atoms with Crippen LogP contribution in [-0.2, 0) is 32.7 Å². The highest BCUT2D eigenvalue weighted by molar-refractivity contribution is 7.91. The van der Waals surface area contributed by atoms with E-state index in [2.05, 4.69) is 5.32 Å². The van der Waals surface area contributed by atoms with Crippen LogP contribution in [0.4, 0.5) is 10.1 Å². The molecule has 1 atom stereocenters. The van der Waals surface area contributed by atoms with E-state index in [1.165, 1.54) is 12.1 Å². The number of rotatable bonds is 8. The highest BCUT2D eigenvalue weighted by atomic mass is 35.5. The van der Waals surface area contributed by atoms with Crippen molar-refractivity contribution in [1.29, 1.82) is 0 Å². The minimum absolute atomic E-state index is 0.0619. The van der Waals surface area contributed by atoms with Crippen LogP contribution in [0.5, 0.6) is 5.75 Å². The Morgan fingerprint density at radius 2 is 1.83 bits per heavy atom. The molecule has 9 heteroatoms. The van der Waals surface area contributed by atoms with E-state index in [4.69, 9.17) is 32.7 Å². The highest BCUT2D eigenvalue weighted by Crippen LogP contribution is 2.42. The normalized spacial score (nSPS) is 15.8. The van der Waals surface area contributed by atoms with E-state index in [1.54, 1.807) is 24.3 Å². The first-order valence-electron chi connectivity index (χ1n) is 11.6. The molecule has 4 rings (SSSR count). The quantitative estimate of drug-likeness (QED) is 0.300. The van der Waals surface area contributed by atoms with E-state index in [1.807, 2.05) is 31.2 Å². The molecule has 2 N–H and O–H groups in total. The number of halogens is 3. The summed E-state index contributed by atoms with van der Waals surface area (Å²) in [4.78, 5) is 13.4. The molecular weight excluding hydrogens is 524 g/mol. The lowest BCUT2D eigenvalue weighted by molar-refractivity contribution is -0.115. The van der Waals surface area contributed by atoms with Crippen LogP contribution in [-0.4, -0.2) is 29.4 Å². The molecule has 0 aliphatic carbocycles. The van der Waals surface area contributed by atoms with Crippen molar-refractivity contribution in [3.05, 3.63) is 87.7 Å². The van der Waals surface area contributed by atoms with E-state index in [-0.39, 0.29) is 18.1 Å². The largest absolute Gasteiger partial charge is 0.479 e. The SMILES string of the molecule is CC[S+](O)c1ccc(CC(=O)Nc2ccc(OC3(c4ccc(Cl)cc4Cl)CCOCC3)c(F)c2)cc1. The van der Waals surface area contributed by atoms with Crippen LogP contribution < -0.4 is 10.1 Å². The van der Waals surface area contributed by atoms with Gasteiger partial charge >= 0.3 is 0 Å². The van der Waals surface area contributed by atoms with Gasteiger partial charge in [0.15, 0.2) is 27.6 Å². The minimum atomic E-state index is -0.858. The smallest absolute Gasteiger partial charge is 0.228 e. The summed E-state index contributed by atoms with van der Waals surface area (Å²) in [6.45, 7) is 2.82. The van der Waals surface area contributed by atoms with Gasteiger partial charge in [0.2, 0.25) is 5.91 Å². The molecule has 0 saturated carbocycles. The number of ether oxygens (including phenoxy) is 2. The van der Waals surface area contributed by atoms with Crippen LogP contribution in [0.25, 0.3) is 0 Å². The molecule has 36 heavy (non-hydrogen) atoms. The first kappa shape index (κ1) is 26.8. The Morgan fingerprint density at radius 1 is 1.11 bits per heavy atom. The van der Waals surface area contributed by atoms with Crippen LogP contribution in [0.15, 0.2) is 65.6 Å². The maximum Gasteiger partial charge on any atom is 0.228 e. The van der Waals surface area contributed by atoms with Crippen molar-refractivity contribution in [2.45, 2.75) is 36.7 Å². The van der Waals surface area contributed by atoms with Crippen molar-refractivity contribution < 1.29 is 23.2 Å². The zero-order valence-corrected chi connectivity index (χ0v) is 22.1. The molecule has 1 fully saturated rings. The molecule has 0 spiro atoms. The van der Waals surface area contributed by atoms with Gasteiger partial charge in [-0.25, -0.2) is 4.39 Å². The Kier molecular flexibility index (Phi) is 8.80. The maximum absolute atomic E-state index is 15.1. The first-order chi connectivity index (χ1) is 17.3. The summed E-state index contributed by atoms with van der Waals surface area (Å²) in [5.74, 6) is -0.162. The molecule has 1 saturated heterocycles. The standard InChI is InChI=1S/C27H26Cl2FNO4S/c1-2-36(33)21-7-3-18(4-8-21)15-26(32)31-20-6-10-25(24(30)17-20)35-27(11-13-34-14-12-27)22-9-5-19(28)16-23(22)29/h3-10,16-17,33H,2,11-15H2,1H3/p+1. The van der Waals surface area contributed by atoms with Gasteiger partial charge in [-0.15, -0.1) is 0 Å². The molecule has 1 amide bonds. The summed E-state index contributed by atoms with van der Waals surface area (Å²) in [7, 11) is 0. The number of carbonyl (C=O) groups excluding carboxylic acids is 1. The maximum atomic E-state index is 15.1. The van der Waals surface area contributed by atoms with Crippen LogP contribution in [0, 0.1) is 5.82 Å². The third-order valence-electron chi connectivity index (χ3n) is 6.08. The Hall–Kier alpha value is -2.29. The van der Waals surface area contributed by atoms with Crippen molar-refractivity contribution in [3.63, 3.8) is 0 Å². The average molecular weight is 551 g/mol. The lowest BCUT2D eigenvalue weighted by Gasteiger charge is -2.38. The lowest BCUT2D eigenvalue weighted by Crippen LogP contribution is -2.39. The molecule has 0 bridgehead atoms. The summed E-state index contributed by atoms with van der Waals surface area (Å²) < 4.78 is 36.8. The summed E-state index contributed by atoms with van der Waals surface area (Å²) in [6, 6.07) is 16.8. The summed E-state index contributed by atoms with van der Waals surface area (Å²) in [6.07, 6.45) is 1.13. The van der Waals surface area contributed by atoms with Crippen molar-refractivity contribution in [2.75, 3.05) is 24.3 Å². The predicted octanol–water partition coefficient (Wildman–Crippen LogP) is 6.87. The third-order valence-corrected chi connectivity index (χ3v) is 7.99. The Bertz CT molecular complexity index is 1220. The fraction of sp³-hybridized carbons (Fsp3) is 0.296. The first-order valence-corrected chi connectivity index (χ1v) is 13.7. The van der Waals surface area contributed by atoms with Crippen molar-refractivity contribution in [1.82, 2.24) is 0 Å². The van der Waals surface area contributed by atoms with Gasteiger partial charge in [0, 0.05) is 40.2 Å². The van der Waals surface area contributed by atoms with Gasteiger partial charge in [-0.2, -0.15) is 4.55 Å². The van der Waals surface area contributed by atoms with Gasteiger partial charge < -0.3 is 14.8 Å². The third kappa shape index (κ3) is 6.33. The topological polar surface area (TPSA) is 67.8 Å². The van der Waals surface area contributed by atoms with E-state index in [0.717, 1.165) is 16.0 Å². The van der Waals surface area contributed by atoms with E-state index >= 15 is 4.39 Å². The van der Waals surface area contributed by atoms with Gasteiger partial charge in [-0.05, 0) is 48.9 Å². The number of nitrogens with one attached hydrogen (secondary N) is 1. The molecule has 1 unspecified atom stereocenters. The number of amides is 1. The molecule has 190 valence electrons. The number of anilines is 1. The second-order valence-electron chi connectivity index (χ2n) is 8.50. The van der Waals surface area contributed by atoms with Crippen LogP contribution >= 0.6 is 23.2 Å².